The van der Waals surface area contributed by atoms with Crippen molar-refractivity contribution in [3.05, 3.63) is 0 Å². The Hall–Kier alpha value is -0.770. The number of amides is 2. The topological polar surface area (TPSA) is 44.4 Å². The van der Waals surface area contributed by atoms with Crippen LogP contribution in [0.15, 0.2) is 0 Å². The van der Waals surface area contributed by atoms with E-state index in [-0.39, 0.29) is 6.03 Å². The minimum absolute atomic E-state index is 0.178. The fraction of sp³-hybridized carbons (Fsp3) is 0.929. The monoisotopic (exact) mass is 251 g/mol. The Bertz CT molecular complexity index is 295. The highest BCUT2D eigenvalue weighted by Crippen LogP contribution is 2.30. The molecule has 1 aliphatic carbocycles. The molecule has 2 unspecified atom stereocenters. The zero-order valence-electron chi connectivity index (χ0n) is 11.2. The Morgan fingerprint density at radius 3 is 2.72 bits per heavy atom. The third-order valence-corrected chi connectivity index (χ3v) is 4.86. The second-order valence-corrected chi connectivity index (χ2v) is 6.22. The van der Waals surface area contributed by atoms with E-state index in [1.165, 1.54) is 38.5 Å². The van der Waals surface area contributed by atoms with Crippen LogP contribution in [0, 0.1) is 11.8 Å². The first-order valence-corrected chi connectivity index (χ1v) is 7.59. The van der Waals surface area contributed by atoms with Gasteiger partial charge in [0.25, 0.3) is 0 Å². The van der Waals surface area contributed by atoms with Crippen molar-refractivity contribution in [2.24, 2.45) is 11.8 Å². The van der Waals surface area contributed by atoms with E-state index in [9.17, 15) is 4.79 Å². The van der Waals surface area contributed by atoms with E-state index in [2.05, 4.69) is 15.5 Å². The maximum atomic E-state index is 12.0. The zero-order chi connectivity index (χ0) is 12.4. The van der Waals surface area contributed by atoms with Crippen LogP contribution in [0.2, 0.25) is 0 Å². The quantitative estimate of drug-likeness (QED) is 0.799. The van der Waals surface area contributed by atoms with Gasteiger partial charge in [-0.25, -0.2) is 4.79 Å². The summed E-state index contributed by atoms with van der Waals surface area (Å²) in [6.07, 6.45) is 7.85. The van der Waals surface area contributed by atoms with Gasteiger partial charge in [-0.15, -0.1) is 0 Å². The number of piperidine rings is 1. The van der Waals surface area contributed by atoms with E-state index in [4.69, 9.17) is 0 Å². The molecule has 0 radical (unpaired) electrons. The van der Waals surface area contributed by atoms with E-state index in [0.717, 1.165) is 32.1 Å². The van der Waals surface area contributed by atoms with Crippen molar-refractivity contribution in [2.45, 2.75) is 44.6 Å². The molecule has 0 bridgehead atoms. The van der Waals surface area contributed by atoms with E-state index in [1.807, 2.05) is 0 Å². The summed E-state index contributed by atoms with van der Waals surface area (Å²) in [5.41, 5.74) is 0. The van der Waals surface area contributed by atoms with E-state index in [0.29, 0.717) is 12.0 Å². The Morgan fingerprint density at radius 2 is 2.00 bits per heavy atom. The predicted molar refractivity (Wildman–Crippen MR) is 71.4 cm³/mol. The van der Waals surface area contributed by atoms with Crippen LogP contribution in [0.5, 0.6) is 0 Å². The Labute approximate surface area is 109 Å². The number of rotatable bonds is 3. The van der Waals surface area contributed by atoms with Crippen LogP contribution in [0.25, 0.3) is 0 Å². The summed E-state index contributed by atoms with van der Waals surface area (Å²) in [6.45, 7) is 4.12. The molecule has 3 aliphatic rings. The molecule has 2 N–H and O–H groups in total. The number of urea groups is 1. The summed E-state index contributed by atoms with van der Waals surface area (Å²) in [5, 5.41) is 6.63. The number of hydrogen-bond donors (Lipinski definition) is 2. The smallest absolute Gasteiger partial charge is 0.317 e. The van der Waals surface area contributed by atoms with Gasteiger partial charge in [-0.1, -0.05) is 12.8 Å². The van der Waals surface area contributed by atoms with Crippen LogP contribution >= 0.6 is 0 Å². The van der Waals surface area contributed by atoms with Crippen LogP contribution in [-0.2, 0) is 0 Å². The van der Waals surface area contributed by atoms with E-state index >= 15 is 0 Å². The molecule has 2 amide bonds. The van der Waals surface area contributed by atoms with E-state index in [1.54, 1.807) is 0 Å². The molecule has 4 nitrogen and oxygen atoms in total. The van der Waals surface area contributed by atoms with Crippen molar-refractivity contribution in [1.82, 2.24) is 15.5 Å². The van der Waals surface area contributed by atoms with Gasteiger partial charge >= 0.3 is 6.03 Å². The van der Waals surface area contributed by atoms with Crippen molar-refractivity contribution in [3.63, 3.8) is 0 Å². The minimum Gasteiger partial charge on any atom is -0.333 e. The average Bonchev–Trinajstić information content (AvgIpc) is 3.01. The van der Waals surface area contributed by atoms with Crippen molar-refractivity contribution < 1.29 is 4.79 Å². The average molecular weight is 251 g/mol. The summed E-state index contributed by atoms with van der Waals surface area (Å²) < 4.78 is 0. The Kier molecular flexibility index (Phi) is 3.73. The first-order chi connectivity index (χ1) is 8.83. The Morgan fingerprint density at radius 1 is 1.17 bits per heavy atom. The maximum absolute atomic E-state index is 12.0. The standard InChI is InChI=1S/C14H25N3O/c18-14-16-13(12-5-1-2-6-12)10-17(14)9-11-4-3-7-15-8-11/h11-13,15H,1-10H2,(H,16,18). The van der Waals surface area contributed by atoms with Gasteiger partial charge in [0.15, 0.2) is 0 Å². The van der Waals surface area contributed by atoms with Gasteiger partial charge in [-0.3, -0.25) is 0 Å². The molecule has 0 aromatic heterocycles. The number of nitrogens with zero attached hydrogens (tertiary/aromatic N) is 1. The van der Waals surface area contributed by atoms with Crippen molar-refractivity contribution in [2.75, 3.05) is 26.2 Å². The molecule has 2 heterocycles. The predicted octanol–water partition coefficient (Wildman–Crippen LogP) is 1.57. The lowest BCUT2D eigenvalue weighted by molar-refractivity contribution is 0.201. The second kappa shape index (κ2) is 5.47. The van der Waals surface area contributed by atoms with Crippen molar-refractivity contribution in [1.29, 1.82) is 0 Å². The number of carbonyl (C=O) groups is 1. The van der Waals surface area contributed by atoms with E-state index < -0.39 is 0 Å². The van der Waals surface area contributed by atoms with Gasteiger partial charge in [0.1, 0.15) is 0 Å². The van der Waals surface area contributed by atoms with Crippen molar-refractivity contribution in [3.8, 4) is 0 Å². The molecule has 3 fully saturated rings. The molecule has 102 valence electrons. The lowest BCUT2D eigenvalue weighted by atomic mass is 9.97. The van der Waals surface area contributed by atoms with Gasteiger partial charge in [-0.05, 0) is 50.6 Å². The summed E-state index contributed by atoms with van der Waals surface area (Å²) >= 11 is 0. The van der Waals surface area contributed by atoms with Crippen LogP contribution in [0.1, 0.15) is 38.5 Å². The number of nitrogens with one attached hydrogen (secondary N) is 2. The highest BCUT2D eigenvalue weighted by atomic mass is 16.2. The SMILES string of the molecule is O=C1NC(C2CCCC2)CN1CC1CCCNC1. The summed E-state index contributed by atoms with van der Waals surface area (Å²) in [4.78, 5) is 14.1. The normalized spacial score (nSPS) is 34.0. The third kappa shape index (κ3) is 2.63. The molecule has 0 spiro atoms. The summed E-state index contributed by atoms with van der Waals surface area (Å²) in [6, 6.07) is 0.606. The molecule has 3 rings (SSSR count). The van der Waals surface area contributed by atoms with Crippen LogP contribution in [0.3, 0.4) is 0 Å². The minimum atomic E-state index is 0.178. The fourth-order valence-electron chi connectivity index (χ4n) is 3.79. The molecule has 0 aromatic carbocycles. The summed E-state index contributed by atoms with van der Waals surface area (Å²) in [5.74, 6) is 1.40. The van der Waals surface area contributed by atoms with Crippen LogP contribution < -0.4 is 10.6 Å². The maximum Gasteiger partial charge on any atom is 0.317 e. The van der Waals surface area contributed by atoms with Gasteiger partial charge in [0.05, 0.1) is 6.04 Å². The molecule has 18 heavy (non-hydrogen) atoms. The Balaban J connectivity index is 1.51. The largest absolute Gasteiger partial charge is 0.333 e. The number of hydrogen-bond acceptors (Lipinski definition) is 2. The highest BCUT2D eigenvalue weighted by molar-refractivity contribution is 5.77. The van der Waals surface area contributed by atoms with Gasteiger partial charge in [0.2, 0.25) is 0 Å². The third-order valence-electron chi connectivity index (χ3n) is 4.86. The molecule has 2 aliphatic heterocycles. The molecular weight excluding hydrogens is 226 g/mol. The lowest BCUT2D eigenvalue weighted by Crippen LogP contribution is -2.39. The zero-order valence-corrected chi connectivity index (χ0v) is 11.2. The molecule has 0 aromatic rings. The van der Waals surface area contributed by atoms with Gasteiger partial charge < -0.3 is 15.5 Å². The molecule has 4 heteroatoms. The second-order valence-electron chi connectivity index (χ2n) is 6.22. The molecular formula is C14H25N3O. The van der Waals surface area contributed by atoms with Gasteiger partial charge in [0, 0.05) is 13.1 Å². The van der Waals surface area contributed by atoms with Crippen molar-refractivity contribution >= 4 is 6.03 Å². The highest BCUT2D eigenvalue weighted by Gasteiger charge is 2.36. The van der Waals surface area contributed by atoms with Crippen LogP contribution in [0.4, 0.5) is 4.79 Å². The molecule has 2 saturated heterocycles. The first kappa shape index (κ1) is 12.3. The molecule has 2 atom stereocenters. The fourth-order valence-corrected chi connectivity index (χ4v) is 3.79. The molecule has 1 saturated carbocycles. The first-order valence-electron chi connectivity index (χ1n) is 7.59. The lowest BCUT2D eigenvalue weighted by Gasteiger charge is -2.27. The number of carbonyl (C=O) groups excluding carboxylic acids is 1. The van der Waals surface area contributed by atoms with Crippen LogP contribution in [-0.4, -0.2) is 43.2 Å². The summed E-state index contributed by atoms with van der Waals surface area (Å²) in [7, 11) is 0. The van der Waals surface area contributed by atoms with Gasteiger partial charge in [-0.2, -0.15) is 0 Å².